The van der Waals surface area contributed by atoms with E-state index < -0.39 is 0 Å². The predicted molar refractivity (Wildman–Crippen MR) is 129 cm³/mol. The van der Waals surface area contributed by atoms with E-state index in [0.29, 0.717) is 11.8 Å². The second-order valence-corrected chi connectivity index (χ2v) is 9.46. The van der Waals surface area contributed by atoms with Crippen LogP contribution in [0.5, 0.6) is 0 Å². The Morgan fingerprint density at radius 2 is 1.68 bits per heavy atom. The number of benzene rings is 3. The van der Waals surface area contributed by atoms with Crippen LogP contribution in [0, 0.1) is 6.07 Å². The van der Waals surface area contributed by atoms with Crippen LogP contribution in [-0.4, -0.2) is 9.55 Å². The SMILES string of the molecule is CC(C)c1cc(C(C)C)c2c(sc3ccccc32)c1-n1ccnc1-c1[c-]cccc1.[Ir]. The molecule has 0 aliphatic heterocycles. The number of hydrogen-bond acceptors (Lipinski definition) is 2. The molecule has 2 heterocycles. The molecule has 1 radical (unpaired) electrons. The van der Waals surface area contributed by atoms with Crippen LogP contribution < -0.4 is 0 Å². The summed E-state index contributed by atoms with van der Waals surface area (Å²) in [5, 5.41) is 2.74. The van der Waals surface area contributed by atoms with E-state index in [2.05, 4.69) is 80.9 Å². The van der Waals surface area contributed by atoms with Gasteiger partial charge >= 0.3 is 0 Å². The van der Waals surface area contributed by atoms with Crippen molar-refractivity contribution in [3.8, 4) is 17.1 Å². The molecule has 159 valence electrons. The molecule has 3 aromatic carbocycles. The van der Waals surface area contributed by atoms with E-state index in [4.69, 9.17) is 4.98 Å². The van der Waals surface area contributed by atoms with E-state index in [-0.39, 0.29) is 20.1 Å². The van der Waals surface area contributed by atoms with E-state index in [0.717, 1.165) is 11.4 Å². The van der Waals surface area contributed by atoms with Crippen molar-refractivity contribution in [1.82, 2.24) is 9.55 Å². The van der Waals surface area contributed by atoms with Gasteiger partial charge in [-0.3, -0.25) is 4.98 Å². The van der Waals surface area contributed by atoms with Crippen molar-refractivity contribution in [2.45, 2.75) is 39.5 Å². The standard InChI is InChI=1S/C27H25N2S.Ir/c1-17(2)21-16-22(18(3)4)25(26-24(21)20-12-8-9-13-23(20)30-26)29-15-14-28-27(29)19-10-6-5-7-11-19;/h5-10,12-18H,1-4H3;/q-1;. The largest absolute Gasteiger partial charge is 0.339 e. The van der Waals surface area contributed by atoms with Gasteiger partial charge in [0.1, 0.15) is 0 Å². The summed E-state index contributed by atoms with van der Waals surface area (Å²) in [5.74, 6) is 1.80. The minimum atomic E-state index is 0. The normalized spacial score (nSPS) is 11.5. The Morgan fingerprint density at radius 1 is 0.935 bits per heavy atom. The fraction of sp³-hybridized carbons (Fsp3) is 0.222. The molecule has 0 atom stereocenters. The molecule has 0 saturated carbocycles. The van der Waals surface area contributed by atoms with Gasteiger partial charge in [-0.2, -0.15) is 0 Å². The van der Waals surface area contributed by atoms with Crippen LogP contribution in [0.15, 0.2) is 67.0 Å². The van der Waals surface area contributed by atoms with Gasteiger partial charge in [0.25, 0.3) is 0 Å². The molecule has 4 heteroatoms. The van der Waals surface area contributed by atoms with E-state index in [1.165, 1.54) is 37.0 Å². The van der Waals surface area contributed by atoms with Crippen molar-refractivity contribution in [3.63, 3.8) is 0 Å². The van der Waals surface area contributed by atoms with E-state index in [1.807, 2.05) is 35.7 Å². The van der Waals surface area contributed by atoms with Crippen molar-refractivity contribution < 1.29 is 20.1 Å². The molecule has 0 aliphatic carbocycles. The zero-order valence-electron chi connectivity index (χ0n) is 18.1. The predicted octanol–water partition coefficient (Wildman–Crippen LogP) is 7.95. The van der Waals surface area contributed by atoms with Crippen LogP contribution in [0.25, 0.3) is 37.2 Å². The molecule has 0 amide bonds. The Kier molecular flexibility index (Phi) is 6.16. The van der Waals surface area contributed by atoms with E-state index in [1.54, 1.807) is 0 Å². The van der Waals surface area contributed by atoms with Crippen LogP contribution >= 0.6 is 11.3 Å². The Labute approximate surface area is 201 Å². The summed E-state index contributed by atoms with van der Waals surface area (Å²) in [7, 11) is 0. The molecular weight excluding hydrogens is 577 g/mol. The second kappa shape index (κ2) is 8.70. The van der Waals surface area contributed by atoms with Crippen molar-refractivity contribution in [1.29, 1.82) is 0 Å². The topological polar surface area (TPSA) is 17.8 Å². The van der Waals surface area contributed by atoms with Crippen molar-refractivity contribution >= 4 is 31.5 Å². The number of rotatable bonds is 4. The summed E-state index contributed by atoms with van der Waals surface area (Å²) in [5.41, 5.74) is 5.07. The van der Waals surface area contributed by atoms with Gasteiger partial charge in [-0.25, -0.2) is 0 Å². The Bertz CT molecular complexity index is 1350. The maximum absolute atomic E-state index is 4.72. The summed E-state index contributed by atoms with van der Waals surface area (Å²) >= 11 is 1.89. The third-order valence-corrected chi connectivity index (χ3v) is 6.94. The van der Waals surface area contributed by atoms with Gasteiger partial charge in [0.15, 0.2) is 0 Å². The van der Waals surface area contributed by atoms with Crippen LogP contribution in [0.4, 0.5) is 0 Å². The van der Waals surface area contributed by atoms with Crippen LogP contribution in [0.3, 0.4) is 0 Å². The summed E-state index contributed by atoms with van der Waals surface area (Å²) in [6.45, 7) is 9.17. The molecule has 0 N–H and O–H groups in total. The molecule has 5 aromatic rings. The van der Waals surface area contributed by atoms with Gasteiger partial charge in [-0.15, -0.1) is 47.2 Å². The maximum atomic E-state index is 4.72. The fourth-order valence-corrected chi connectivity index (χ4v) is 5.59. The first kappa shape index (κ1) is 22.0. The smallest absolute Gasteiger partial charge is 0.0603 e. The Morgan fingerprint density at radius 3 is 2.39 bits per heavy atom. The van der Waals surface area contributed by atoms with E-state index >= 15 is 0 Å². The first-order valence-corrected chi connectivity index (χ1v) is 11.4. The van der Waals surface area contributed by atoms with Crippen molar-refractivity contribution in [2.24, 2.45) is 0 Å². The maximum Gasteiger partial charge on any atom is 0.0603 e. The number of aromatic nitrogens is 2. The third kappa shape index (κ3) is 3.67. The third-order valence-electron chi connectivity index (χ3n) is 5.76. The van der Waals surface area contributed by atoms with Gasteiger partial charge in [0.2, 0.25) is 0 Å². The summed E-state index contributed by atoms with van der Waals surface area (Å²) in [6.07, 6.45) is 3.99. The summed E-state index contributed by atoms with van der Waals surface area (Å²) in [4.78, 5) is 4.72. The average Bonchev–Trinajstić information content (AvgIpc) is 3.38. The quantitative estimate of drug-likeness (QED) is 0.191. The molecule has 0 fully saturated rings. The van der Waals surface area contributed by atoms with Crippen LogP contribution in [0.2, 0.25) is 0 Å². The van der Waals surface area contributed by atoms with Crippen molar-refractivity contribution in [2.75, 3.05) is 0 Å². The summed E-state index contributed by atoms with van der Waals surface area (Å²) < 4.78 is 4.95. The first-order valence-electron chi connectivity index (χ1n) is 10.5. The minimum absolute atomic E-state index is 0. The van der Waals surface area contributed by atoms with Crippen LogP contribution in [0.1, 0.15) is 50.7 Å². The molecule has 5 rings (SSSR count). The molecule has 31 heavy (non-hydrogen) atoms. The second-order valence-electron chi connectivity index (χ2n) is 8.41. The number of nitrogens with zero attached hydrogens (tertiary/aromatic N) is 2. The van der Waals surface area contributed by atoms with Gasteiger partial charge in [0.05, 0.1) is 16.2 Å². The number of hydrogen-bond donors (Lipinski definition) is 0. The molecule has 0 aliphatic rings. The monoisotopic (exact) mass is 602 g/mol. The van der Waals surface area contributed by atoms with Gasteiger partial charge in [-0.05, 0) is 29.0 Å². The molecule has 0 spiro atoms. The Hall–Kier alpha value is -2.26. The van der Waals surface area contributed by atoms with Gasteiger partial charge in [0, 0.05) is 48.0 Å². The number of imidazole rings is 1. The molecule has 0 saturated heterocycles. The molecular formula is C27H25IrN2S-. The summed E-state index contributed by atoms with van der Waals surface area (Å²) in [6, 6.07) is 22.7. The van der Waals surface area contributed by atoms with Crippen LogP contribution in [-0.2, 0) is 20.1 Å². The van der Waals surface area contributed by atoms with Crippen molar-refractivity contribution in [3.05, 3.63) is 84.2 Å². The Balaban J connectivity index is 0.00000231. The molecule has 0 unspecified atom stereocenters. The van der Waals surface area contributed by atoms with E-state index in [9.17, 15) is 0 Å². The number of thiophene rings is 1. The molecule has 0 bridgehead atoms. The zero-order chi connectivity index (χ0) is 20.8. The fourth-order valence-electron chi connectivity index (χ4n) is 4.30. The first-order chi connectivity index (χ1) is 14.6. The zero-order valence-corrected chi connectivity index (χ0v) is 21.4. The minimum Gasteiger partial charge on any atom is -0.339 e. The molecule has 2 nitrogen and oxygen atoms in total. The average molecular weight is 602 g/mol. The van der Waals surface area contributed by atoms with Gasteiger partial charge < -0.3 is 4.57 Å². The van der Waals surface area contributed by atoms with Gasteiger partial charge in [-0.1, -0.05) is 52.0 Å². The number of fused-ring (bicyclic) bond motifs is 3. The molecule has 2 aromatic heterocycles.